The van der Waals surface area contributed by atoms with E-state index in [0.29, 0.717) is 12.5 Å². The number of guanidine groups is 1. The second-order valence-corrected chi connectivity index (χ2v) is 6.75. The van der Waals surface area contributed by atoms with Gasteiger partial charge < -0.3 is 15.6 Å². The Hall–Kier alpha value is -2.35. The van der Waals surface area contributed by atoms with E-state index in [-0.39, 0.29) is 24.0 Å². The molecule has 3 aromatic rings. The van der Waals surface area contributed by atoms with Crippen molar-refractivity contribution >= 4 is 35.6 Å². The summed E-state index contributed by atoms with van der Waals surface area (Å²) in [7, 11) is 0. The summed E-state index contributed by atoms with van der Waals surface area (Å²) >= 11 is 0. The molecule has 0 unspecified atom stereocenters. The molecule has 3 rings (SSSR count). The summed E-state index contributed by atoms with van der Waals surface area (Å²) in [4.78, 5) is 8.86. The fourth-order valence-electron chi connectivity index (χ4n) is 2.96. The van der Waals surface area contributed by atoms with Crippen molar-refractivity contribution in [1.29, 1.82) is 0 Å². The van der Waals surface area contributed by atoms with Gasteiger partial charge in [0.25, 0.3) is 0 Å². The van der Waals surface area contributed by atoms with E-state index in [1.54, 1.807) is 0 Å². The van der Waals surface area contributed by atoms with Crippen molar-refractivity contribution in [2.75, 3.05) is 5.32 Å². The van der Waals surface area contributed by atoms with Gasteiger partial charge in [0.1, 0.15) is 12.4 Å². The van der Waals surface area contributed by atoms with Gasteiger partial charge in [-0.1, -0.05) is 36.4 Å². The van der Waals surface area contributed by atoms with Gasteiger partial charge >= 0.3 is 0 Å². The highest BCUT2D eigenvalue weighted by atomic mass is 127. The van der Waals surface area contributed by atoms with Crippen LogP contribution in [0.1, 0.15) is 28.9 Å². The summed E-state index contributed by atoms with van der Waals surface area (Å²) in [6.07, 6.45) is 5.94. The minimum Gasteiger partial charge on any atom is -0.370 e. The Labute approximate surface area is 184 Å². The fraction of sp³-hybridized carbons (Fsp3) is 0.273. The van der Waals surface area contributed by atoms with Crippen molar-refractivity contribution in [3.05, 3.63) is 83.4 Å². The SMILES string of the molecule is Cc1ccc(NC(N)=NCc2nccn2CCCc2ccccc2)cc1C.I. The van der Waals surface area contributed by atoms with Crippen LogP contribution in [0.3, 0.4) is 0 Å². The van der Waals surface area contributed by atoms with Crippen molar-refractivity contribution in [1.82, 2.24) is 9.55 Å². The molecule has 0 aliphatic carbocycles. The van der Waals surface area contributed by atoms with Gasteiger partial charge in [-0.05, 0) is 55.5 Å². The van der Waals surface area contributed by atoms with E-state index in [1.165, 1.54) is 16.7 Å². The van der Waals surface area contributed by atoms with Crippen molar-refractivity contribution in [3.8, 4) is 0 Å². The Balaban J connectivity index is 0.00000280. The number of halogens is 1. The molecular weight excluding hydrogens is 461 g/mol. The molecular formula is C22H28IN5. The van der Waals surface area contributed by atoms with Gasteiger partial charge in [0.15, 0.2) is 5.96 Å². The van der Waals surface area contributed by atoms with Gasteiger partial charge in [0.05, 0.1) is 0 Å². The predicted octanol–water partition coefficient (Wildman–Crippen LogP) is 4.68. The van der Waals surface area contributed by atoms with Crippen LogP contribution in [0.4, 0.5) is 5.69 Å². The third-order valence-electron chi connectivity index (χ3n) is 4.68. The molecule has 2 aromatic carbocycles. The Morgan fingerprint density at radius 1 is 1.11 bits per heavy atom. The Bertz CT molecular complexity index is 902. The number of nitrogens with zero attached hydrogens (tertiary/aromatic N) is 3. The first-order valence-corrected chi connectivity index (χ1v) is 9.30. The first kappa shape index (κ1) is 21.9. The van der Waals surface area contributed by atoms with Crippen LogP contribution in [0.25, 0.3) is 0 Å². The van der Waals surface area contributed by atoms with Gasteiger partial charge in [-0.3, -0.25) is 0 Å². The molecule has 0 fully saturated rings. The van der Waals surface area contributed by atoms with Crippen LogP contribution in [0, 0.1) is 13.8 Å². The number of nitrogens with two attached hydrogens (primary N) is 1. The van der Waals surface area contributed by atoms with Crippen LogP contribution in [-0.2, 0) is 19.5 Å². The lowest BCUT2D eigenvalue weighted by Crippen LogP contribution is -2.23. The lowest BCUT2D eigenvalue weighted by Gasteiger charge is -2.09. The molecule has 0 aliphatic heterocycles. The zero-order chi connectivity index (χ0) is 19.1. The number of hydrogen-bond acceptors (Lipinski definition) is 2. The number of benzene rings is 2. The molecule has 0 saturated carbocycles. The summed E-state index contributed by atoms with van der Waals surface area (Å²) in [6.45, 7) is 5.56. The lowest BCUT2D eigenvalue weighted by atomic mass is 10.1. The Kier molecular flexibility index (Phi) is 8.50. The van der Waals surface area contributed by atoms with Crippen LogP contribution in [-0.4, -0.2) is 15.5 Å². The molecule has 5 nitrogen and oxygen atoms in total. The van der Waals surface area contributed by atoms with E-state index >= 15 is 0 Å². The number of imidazole rings is 1. The van der Waals surface area contributed by atoms with Crippen molar-refractivity contribution in [2.45, 2.75) is 39.8 Å². The highest BCUT2D eigenvalue weighted by Crippen LogP contribution is 2.14. The fourth-order valence-corrected chi connectivity index (χ4v) is 2.96. The number of aromatic nitrogens is 2. The molecule has 0 aliphatic rings. The van der Waals surface area contributed by atoms with Gasteiger partial charge in [0.2, 0.25) is 0 Å². The Morgan fingerprint density at radius 3 is 2.64 bits per heavy atom. The Morgan fingerprint density at radius 2 is 1.89 bits per heavy atom. The molecule has 0 spiro atoms. The first-order valence-electron chi connectivity index (χ1n) is 9.30. The molecule has 0 amide bonds. The van der Waals surface area contributed by atoms with Crippen molar-refractivity contribution < 1.29 is 0 Å². The maximum Gasteiger partial charge on any atom is 0.193 e. The molecule has 0 saturated heterocycles. The predicted molar refractivity (Wildman–Crippen MR) is 127 cm³/mol. The second kappa shape index (κ2) is 10.8. The summed E-state index contributed by atoms with van der Waals surface area (Å²) < 4.78 is 2.15. The third-order valence-corrected chi connectivity index (χ3v) is 4.68. The minimum absolute atomic E-state index is 0. The summed E-state index contributed by atoms with van der Waals surface area (Å²) in [5.41, 5.74) is 10.8. The largest absolute Gasteiger partial charge is 0.370 e. The highest BCUT2D eigenvalue weighted by Gasteiger charge is 2.03. The number of nitrogens with one attached hydrogen (secondary N) is 1. The van der Waals surface area contributed by atoms with Crippen LogP contribution in [0.5, 0.6) is 0 Å². The quantitative estimate of drug-likeness (QED) is 0.288. The van der Waals surface area contributed by atoms with Crippen LogP contribution in [0.15, 0.2) is 65.9 Å². The van der Waals surface area contributed by atoms with Crippen LogP contribution in [0.2, 0.25) is 0 Å². The molecule has 0 radical (unpaired) electrons. The summed E-state index contributed by atoms with van der Waals surface area (Å²) in [6, 6.07) is 16.7. The van der Waals surface area contributed by atoms with Gasteiger partial charge in [-0.15, -0.1) is 24.0 Å². The first-order chi connectivity index (χ1) is 13.1. The highest BCUT2D eigenvalue weighted by molar-refractivity contribution is 14.0. The van der Waals surface area contributed by atoms with Crippen LogP contribution >= 0.6 is 24.0 Å². The standard InChI is InChI=1S/C22H27N5.HI/c1-17-10-11-20(15-18(17)2)26-22(23)25-16-21-24-12-14-27(21)13-6-9-19-7-4-3-5-8-19;/h3-5,7-8,10-12,14-15H,6,9,13,16H2,1-2H3,(H3,23,25,26);1H. The number of aliphatic imine (C=N–C) groups is 1. The average molecular weight is 489 g/mol. The molecule has 6 heteroatoms. The molecule has 148 valence electrons. The number of aryl methyl sites for hydroxylation is 4. The number of anilines is 1. The van der Waals surface area contributed by atoms with Crippen molar-refractivity contribution in [2.24, 2.45) is 10.7 Å². The van der Waals surface area contributed by atoms with Gasteiger partial charge in [-0.25, -0.2) is 9.98 Å². The lowest BCUT2D eigenvalue weighted by molar-refractivity contribution is 0.611. The van der Waals surface area contributed by atoms with E-state index in [9.17, 15) is 0 Å². The monoisotopic (exact) mass is 489 g/mol. The number of hydrogen-bond donors (Lipinski definition) is 2. The van der Waals surface area contributed by atoms with Crippen molar-refractivity contribution in [3.63, 3.8) is 0 Å². The third kappa shape index (κ3) is 6.37. The van der Waals surface area contributed by atoms with E-state index in [0.717, 1.165) is 30.9 Å². The zero-order valence-electron chi connectivity index (χ0n) is 16.4. The summed E-state index contributed by atoms with van der Waals surface area (Å²) in [5.74, 6) is 1.32. The van der Waals surface area contributed by atoms with E-state index in [4.69, 9.17) is 5.73 Å². The van der Waals surface area contributed by atoms with Gasteiger partial charge in [0, 0.05) is 24.6 Å². The molecule has 0 bridgehead atoms. The average Bonchev–Trinajstić information content (AvgIpc) is 3.11. The van der Waals surface area contributed by atoms with Gasteiger partial charge in [-0.2, -0.15) is 0 Å². The van der Waals surface area contributed by atoms with E-state index in [1.807, 2.05) is 24.5 Å². The maximum absolute atomic E-state index is 6.04. The normalized spacial score (nSPS) is 11.1. The number of rotatable bonds is 7. The smallest absolute Gasteiger partial charge is 0.193 e. The topological polar surface area (TPSA) is 68.2 Å². The van der Waals surface area contributed by atoms with E-state index in [2.05, 4.69) is 70.1 Å². The summed E-state index contributed by atoms with van der Waals surface area (Å²) in [5, 5.41) is 3.15. The second-order valence-electron chi connectivity index (χ2n) is 6.75. The molecule has 1 heterocycles. The molecule has 28 heavy (non-hydrogen) atoms. The zero-order valence-corrected chi connectivity index (χ0v) is 18.8. The maximum atomic E-state index is 6.04. The molecule has 1 aromatic heterocycles. The van der Waals surface area contributed by atoms with E-state index < -0.39 is 0 Å². The van der Waals surface area contributed by atoms with Crippen LogP contribution < -0.4 is 11.1 Å². The minimum atomic E-state index is 0. The molecule has 0 atom stereocenters. The molecule has 3 N–H and O–H groups in total.